The first-order valence-corrected chi connectivity index (χ1v) is 17.5. The number of carboxylic acid groups (broad SMARTS) is 1. The summed E-state index contributed by atoms with van der Waals surface area (Å²) < 4.78 is 16.8. The van der Waals surface area contributed by atoms with Gasteiger partial charge >= 0.3 is 5.97 Å². The molecule has 7 heteroatoms. The quantitative estimate of drug-likeness (QED) is 0.137. The Bertz CT molecular complexity index is 950. The number of rotatable bonds is 17. The fourth-order valence-electron chi connectivity index (χ4n) is 9.78. The molecule has 246 valence electrons. The lowest BCUT2D eigenvalue weighted by Gasteiger charge is -2.58. The van der Waals surface area contributed by atoms with Crippen molar-refractivity contribution in [2.75, 3.05) is 39.6 Å². The molecule has 4 aliphatic carbocycles. The van der Waals surface area contributed by atoms with Gasteiger partial charge in [0.1, 0.15) is 6.61 Å². The first-order valence-electron chi connectivity index (χ1n) is 17.5. The maximum atomic E-state index is 12.4. The van der Waals surface area contributed by atoms with Crippen molar-refractivity contribution in [3.8, 4) is 0 Å². The Morgan fingerprint density at radius 3 is 2.49 bits per heavy atom. The van der Waals surface area contributed by atoms with E-state index in [1.807, 2.05) is 0 Å². The van der Waals surface area contributed by atoms with Gasteiger partial charge in [-0.15, -0.1) is 0 Å². The predicted octanol–water partition coefficient (Wildman–Crippen LogP) is 7.04. The molecule has 0 heterocycles. The monoisotopic (exact) mass is 603 g/mol. The predicted molar refractivity (Wildman–Crippen MR) is 170 cm³/mol. The number of hydrogen-bond acceptors (Lipinski definition) is 5. The summed E-state index contributed by atoms with van der Waals surface area (Å²) in [6.45, 7) is 14.3. The van der Waals surface area contributed by atoms with E-state index >= 15 is 0 Å². The summed E-state index contributed by atoms with van der Waals surface area (Å²) >= 11 is 0. The van der Waals surface area contributed by atoms with Gasteiger partial charge in [-0.2, -0.15) is 0 Å². The van der Waals surface area contributed by atoms with Crippen LogP contribution in [0, 0.1) is 46.3 Å². The molecule has 0 saturated heterocycles. The zero-order chi connectivity index (χ0) is 31.0. The summed E-state index contributed by atoms with van der Waals surface area (Å²) in [5.74, 6) is 4.11. The molecule has 8 atom stereocenters. The highest BCUT2D eigenvalue weighted by molar-refractivity contribution is 5.77. The van der Waals surface area contributed by atoms with Crippen LogP contribution in [0.5, 0.6) is 0 Å². The first kappa shape index (κ1) is 34.4. The van der Waals surface area contributed by atoms with E-state index in [0.29, 0.717) is 37.2 Å². The van der Waals surface area contributed by atoms with Crippen molar-refractivity contribution in [2.45, 2.75) is 118 Å². The van der Waals surface area contributed by atoms with Gasteiger partial charge in [0.2, 0.25) is 5.91 Å². The molecule has 7 nitrogen and oxygen atoms in total. The number of carbonyl (C=O) groups is 2. The topological polar surface area (TPSA) is 94.1 Å². The standard InChI is InChI=1S/C36H61NO6/c1-25(2)7-6-8-26(3)30-11-12-31-29-10-9-27-23-28(13-16-35(27,4)32(29)14-17-36(30,31)5)43-24-33(38)37-18-20-42-22-21-41-19-15-34(39)40/h9,25-26,28-32H,6-8,10-24H2,1-5H3,(H,37,38)(H,39,40)/t26-,28+,29?,30-,31?,32?,35+,36-/m1/s1. The zero-order valence-corrected chi connectivity index (χ0v) is 27.8. The van der Waals surface area contributed by atoms with Gasteiger partial charge in [-0.3, -0.25) is 9.59 Å². The summed E-state index contributed by atoms with van der Waals surface area (Å²) in [6.07, 6.45) is 17.0. The second kappa shape index (κ2) is 15.7. The molecule has 0 aromatic heterocycles. The second-order valence-corrected chi connectivity index (χ2v) is 15.2. The van der Waals surface area contributed by atoms with Crippen molar-refractivity contribution in [2.24, 2.45) is 46.3 Å². The second-order valence-electron chi connectivity index (χ2n) is 15.2. The van der Waals surface area contributed by atoms with Crippen LogP contribution in [0.4, 0.5) is 0 Å². The summed E-state index contributed by atoms with van der Waals surface area (Å²) in [7, 11) is 0. The maximum absolute atomic E-state index is 12.4. The van der Waals surface area contributed by atoms with Crippen molar-refractivity contribution in [3.63, 3.8) is 0 Å². The van der Waals surface area contributed by atoms with E-state index in [0.717, 1.165) is 48.3 Å². The third-order valence-electron chi connectivity index (χ3n) is 12.1. The molecular formula is C36H61NO6. The highest BCUT2D eigenvalue weighted by Gasteiger charge is 2.59. The first-order chi connectivity index (χ1) is 20.5. The number of carboxylic acids is 1. The fourth-order valence-corrected chi connectivity index (χ4v) is 9.78. The molecule has 43 heavy (non-hydrogen) atoms. The van der Waals surface area contributed by atoms with Crippen molar-refractivity contribution < 1.29 is 28.9 Å². The summed E-state index contributed by atoms with van der Waals surface area (Å²) in [5.41, 5.74) is 2.42. The van der Waals surface area contributed by atoms with Gasteiger partial charge in [-0.1, -0.05) is 65.5 Å². The number of fused-ring (bicyclic) bond motifs is 5. The van der Waals surface area contributed by atoms with Gasteiger partial charge in [-0.05, 0) is 97.7 Å². The van der Waals surface area contributed by atoms with Gasteiger partial charge < -0.3 is 24.6 Å². The third-order valence-corrected chi connectivity index (χ3v) is 12.1. The van der Waals surface area contributed by atoms with Gasteiger partial charge in [0.25, 0.3) is 0 Å². The Morgan fingerprint density at radius 1 is 0.977 bits per heavy atom. The number of carbonyl (C=O) groups excluding carboxylic acids is 1. The van der Waals surface area contributed by atoms with Crippen molar-refractivity contribution in [3.05, 3.63) is 11.6 Å². The molecule has 0 bridgehead atoms. The largest absolute Gasteiger partial charge is 0.481 e. The van der Waals surface area contributed by atoms with E-state index in [-0.39, 0.29) is 31.6 Å². The molecule has 1 amide bonds. The molecule has 0 spiro atoms. The van der Waals surface area contributed by atoms with Gasteiger partial charge in [0, 0.05) is 6.54 Å². The zero-order valence-electron chi connectivity index (χ0n) is 27.8. The van der Waals surface area contributed by atoms with E-state index in [1.165, 1.54) is 57.8 Å². The van der Waals surface area contributed by atoms with E-state index in [2.05, 4.69) is 46.0 Å². The van der Waals surface area contributed by atoms with Crippen LogP contribution < -0.4 is 5.32 Å². The van der Waals surface area contributed by atoms with E-state index in [9.17, 15) is 9.59 Å². The number of aliphatic carboxylic acids is 1. The van der Waals surface area contributed by atoms with Crippen LogP contribution in [-0.2, 0) is 23.8 Å². The molecule has 3 unspecified atom stereocenters. The number of nitrogens with one attached hydrogen (secondary N) is 1. The fraction of sp³-hybridized carbons (Fsp3) is 0.889. The van der Waals surface area contributed by atoms with Gasteiger partial charge in [0.05, 0.1) is 39.0 Å². The van der Waals surface area contributed by atoms with Gasteiger partial charge in [0.15, 0.2) is 0 Å². The molecule has 4 rings (SSSR count). The molecule has 0 aliphatic heterocycles. The molecule has 0 radical (unpaired) electrons. The number of hydrogen-bond donors (Lipinski definition) is 2. The Hall–Kier alpha value is -1.44. The maximum Gasteiger partial charge on any atom is 0.305 e. The number of allylic oxidation sites excluding steroid dienone is 1. The Morgan fingerprint density at radius 2 is 1.74 bits per heavy atom. The Kier molecular flexibility index (Phi) is 12.6. The van der Waals surface area contributed by atoms with E-state index in [4.69, 9.17) is 19.3 Å². The molecule has 3 fully saturated rings. The minimum Gasteiger partial charge on any atom is -0.481 e. The Labute approximate surface area is 261 Å². The van der Waals surface area contributed by atoms with E-state index in [1.54, 1.807) is 5.57 Å². The SMILES string of the molecule is CC(C)CCC[C@@H](C)[C@H]1CCC2C3CC=C4C[C@@H](OCC(=O)NCCOCCOCCC(=O)O)CC[C@]4(C)C3CC[C@@]21C. The van der Waals surface area contributed by atoms with Crippen LogP contribution in [0.2, 0.25) is 0 Å². The van der Waals surface area contributed by atoms with E-state index < -0.39 is 5.97 Å². The third kappa shape index (κ3) is 8.64. The van der Waals surface area contributed by atoms with Crippen LogP contribution in [0.25, 0.3) is 0 Å². The van der Waals surface area contributed by atoms with Crippen LogP contribution >= 0.6 is 0 Å². The number of amides is 1. The van der Waals surface area contributed by atoms with Crippen LogP contribution in [0.1, 0.15) is 112 Å². The molecular weight excluding hydrogens is 542 g/mol. The minimum atomic E-state index is -0.872. The van der Waals surface area contributed by atoms with Gasteiger partial charge in [-0.25, -0.2) is 0 Å². The number of ether oxygens (including phenoxy) is 3. The average molecular weight is 604 g/mol. The lowest BCUT2D eigenvalue weighted by Crippen LogP contribution is -2.51. The molecule has 0 aromatic rings. The highest BCUT2D eigenvalue weighted by atomic mass is 16.5. The minimum absolute atomic E-state index is 0.00668. The van der Waals surface area contributed by atoms with Crippen molar-refractivity contribution in [1.82, 2.24) is 5.32 Å². The summed E-state index contributed by atoms with van der Waals surface area (Å²) in [6, 6.07) is 0. The van der Waals surface area contributed by atoms with Crippen molar-refractivity contribution in [1.29, 1.82) is 0 Å². The smallest absolute Gasteiger partial charge is 0.305 e. The normalized spacial score (nSPS) is 34.2. The highest BCUT2D eigenvalue weighted by Crippen LogP contribution is 2.67. The molecule has 3 saturated carbocycles. The average Bonchev–Trinajstić information content (AvgIpc) is 3.32. The lowest BCUT2D eigenvalue weighted by molar-refractivity contribution is -0.138. The lowest BCUT2D eigenvalue weighted by atomic mass is 9.47. The van der Waals surface area contributed by atoms with Crippen molar-refractivity contribution >= 4 is 11.9 Å². The van der Waals surface area contributed by atoms with Crippen LogP contribution in [-0.4, -0.2) is 62.7 Å². The molecule has 2 N–H and O–H groups in total. The summed E-state index contributed by atoms with van der Waals surface area (Å²) in [5, 5.41) is 11.5. The molecule has 0 aromatic carbocycles. The molecule has 4 aliphatic rings. The summed E-state index contributed by atoms with van der Waals surface area (Å²) in [4.78, 5) is 22.8. The van der Waals surface area contributed by atoms with Crippen LogP contribution in [0.15, 0.2) is 11.6 Å². The van der Waals surface area contributed by atoms with Crippen LogP contribution in [0.3, 0.4) is 0 Å². The Balaban J connectivity index is 1.19.